The van der Waals surface area contributed by atoms with Crippen LogP contribution in [0.3, 0.4) is 0 Å². The number of nitrogens with one attached hydrogen (secondary N) is 1. The van der Waals surface area contributed by atoms with Gasteiger partial charge in [0, 0.05) is 23.7 Å². The van der Waals surface area contributed by atoms with Gasteiger partial charge < -0.3 is 10.6 Å². The number of nitrogens with zero attached hydrogens (tertiary/aromatic N) is 1. The van der Waals surface area contributed by atoms with Crippen LogP contribution in [0.4, 0.5) is 5.69 Å². The largest absolute Gasteiger partial charge is 0.384 e. The van der Waals surface area contributed by atoms with Crippen LogP contribution in [0.25, 0.3) is 0 Å². The molecular weight excluding hydrogens is 254 g/mol. The van der Waals surface area contributed by atoms with Gasteiger partial charge in [0.25, 0.3) is 0 Å². The monoisotopic (exact) mass is 277 g/mol. The zero-order valence-corrected chi connectivity index (χ0v) is 12.4. The van der Waals surface area contributed by atoms with Crippen LogP contribution in [0, 0.1) is 5.41 Å². The van der Waals surface area contributed by atoms with E-state index < -0.39 is 0 Å². The Morgan fingerprint density at radius 3 is 2.37 bits per heavy atom. The van der Waals surface area contributed by atoms with E-state index in [9.17, 15) is 0 Å². The molecule has 0 bridgehead atoms. The first-order chi connectivity index (χ1) is 9.24. The highest BCUT2D eigenvalue weighted by molar-refractivity contribution is 7.98. The Hall–Kier alpha value is -1.16. The number of hydrogen-bond acceptors (Lipinski definition) is 3. The normalized spacial score (nSPS) is 16.8. The van der Waals surface area contributed by atoms with Gasteiger partial charge in [0.15, 0.2) is 0 Å². The lowest BCUT2D eigenvalue weighted by Crippen LogP contribution is -2.29. The number of thioether (sulfide) groups is 1. The maximum absolute atomic E-state index is 7.87. The van der Waals surface area contributed by atoms with Gasteiger partial charge in [-0.05, 0) is 31.2 Å². The standard InChI is InChI=1S/C15H23N3S/c1-19-13-9-7-8-12(14(13)15(16)17)18-10-5-3-2-4-6-11-18/h7-9H,2-6,10-11H2,1H3,(H3,16,17). The summed E-state index contributed by atoms with van der Waals surface area (Å²) in [6.45, 7) is 2.16. The molecule has 4 heteroatoms. The lowest BCUT2D eigenvalue weighted by Gasteiger charge is -2.29. The number of hydrogen-bond donors (Lipinski definition) is 2. The second kappa shape index (κ2) is 6.85. The third-order valence-corrected chi connectivity index (χ3v) is 4.47. The summed E-state index contributed by atoms with van der Waals surface area (Å²) in [4.78, 5) is 3.52. The van der Waals surface area contributed by atoms with E-state index in [1.54, 1.807) is 11.8 Å². The Bertz CT molecular complexity index is 437. The van der Waals surface area contributed by atoms with Crippen LogP contribution in [-0.2, 0) is 0 Å². The van der Waals surface area contributed by atoms with Crippen LogP contribution in [0.15, 0.2) is 23.1 Å². The number of nitrogen functional groups attached to an aromatic ring is 1. The quantitative estimate of drug-likeness (QED) is 0.505. The van der Waals surface area contributed by atoms with Crippen LogP contribution >= 0.6 is 11.8 Å². The summed E-state index contributed by atoms with van der Waals surface area (Å²) in [6, 6.07) is 6.24. The highest BCUT2D eigenvalue weighted by Gasteiger charge is 2.17. The van der Waals surface area contributed by atoms with Crippen LogP contribution in [0.5, 0.6) is 0 Å². The summed E-state index contributed by atoms with van der Waals surface area (Å²) in [5.74, 6) is 0.182. The predicted molar refractivity (Wildman–Crippen MR) is 84.5 cm³/mol. The van der Waals surface area contributed by atoms with Crippen molar-refractivity contribution in [2.45, 2.75) is 37.0 Å². The first kappa shape index (κ1) is 14.3. The van der Waals surface area contributed by atoms with Gasteiger partial charge in [-0.15, -0.1) is 11.8 Å². The maximum atomic E-state index is 7.87. The van der Waals surface area contributed by atoms with E-state index in [0.29, 0.717) is 0 Å². The molecule has 3 N–H and O–H groups in total. The highest BCUT2D eigenvalue weighted by Crippen LogP contribution is 2.30. The summed E-state index contributed by atoms with van der Waals surface area (Å²) < 4.78 is 0. The Labute approximate surface area is 120 Å². The molecule has 1 aliphatic rings. The Balaban J connectivity index is 2.33. The van der Waals surface area contributed by atoms with E-state index in [0.717, 1.165) is 29.2 Å². The Morgan fingerprint density at radius 2 is 1.79 bits per heavy atom. The van der Waals surface area contributed by atoms with E-state index >= 15 is 0 Å². The molecule has 0 radical (unpaired) electrons. The van der Waals surface area contributed by atoms with Gasteiger partial charge in [-0.3, -0.25) is 5.41 Å². The van der Waals surface area contributed by atoms with Crippen LogP contribution < -0.4 is 10.6 Å². The Kier molecular flexibility index (Phi) is 5.14. The molecule has 1 aromatic carbocycles. The molecule has 2 rings (SSSR count). The minimum atomic E-state index is 0.182. The average molecular weight is 277 g/mol. The van der Waals surface area contributed by atoms with Crippen molar-refractivity contribution >= 4 is 23.3 Å². The molecular formula is C15H23N3S. The van der Waals surface area contributed by atoms with E-state index in [-0.39, 0.29) is 5.84 Å². The fourth-order valence-electron chi connectivity index (χ4n) is 2.71. The van der Waals surface area contributed by atoms with Crippen molar-refractivity contribution in [3.8, 4) is 0 Å². The summed E-state index contributed by atoms with van der Waals surface area (Å²) >= 11 is 1.66. The van der Waals surface area contributed by atoms with Crippen molar-refractivity contribution in [2.24, 2.45) is 5.73 Å². The summed E-state index contributed by atoms with van der Waals surface area (Å²) in [5.41, 5.74) is 7.86. The number of anilines is 1. The fourth-order valence-corrected chi connectivity index (χ4v) is 3.35. The molecule has 104 valence electrons. The fraction of sp³-hybridized carbons (Fsp3) is 0.533. The molecule has 0 unspecified atom stereocenters. The average Bonchev–Trinajstić information content (AvgIpc) is 2.37. The lowest BCUT2D eigenvalue weighted by atomic mass is 10.1. The molecule has 0 aromatic heterocycles. The van der Waals surface area contributed by atoms with Crippen molar-refractivity contribution < 1.29 is 0 Å². The van der Waals surface area contributed by atoms with E-state index in [1.165, 1.54) is 32.1 Å². The van der Waals surface area contributed by atoms with Crippen LogP contribution in [0.1, 0.15) is 37.7 Å². The molecule has 0 saturated carbocycles. The molecule has 1 fully saturated rings. The molecule has 1 aromatic rings. The summed E-state index contributed by atoms with van der Waals surface area (Å²) in [6.07, 6.45) is 8.50. The van der Waals surface area contributed by atoms with Gasteiger partial charge in [-0.2, -0.15) is 0 Å². The molecule has 1 aliphatic heterocycles. The molecule has 0 spiro atoms. The highest BCUT2D eigenvalue weighted by atomic mass is 32.2. The van der Waals surface area contributed by atoms with Crippen molar-refractivity contribution in [1.29, 1.82) is 5.41 Å². The molecule has 19 heavy (non-hydrogen) atoms. The van der Waals surface area contributed by atoms with Crippen molar-refractivity contribution in [1.82, 2.24) is 0 Å². The number of rotatable bonds is 3. The van der Waals surface area contributed by atoms with Gasteiger partial charge in [0.05, 0.1) is 5.56 Å². The predicted octanol–water partition coefficient (Wildman–Crippen LogP) is 3.46. The third-order valence-electron chi connectivity index (χ3n) is 3.69. The van der Waals surface area contributed by atoms with Gasteiger partial charge >= 0.3 is 0 Å². The molecule has 1 saturated heterocycles. The second-order valence-corrected chi connectivity index (χ2v) is 5.87. The van der Waals surface area contributed by atoms with Gasteiger partial charge in [0.1, 0.15) is 5.84 Å². The second-order valence-electron chi connectivity index (χ2n) is 5.02. The number of amidine groups is 1. The third kappa shape index (κ3) is 3.44. The van der Waals surface area contributed by atoms with Gasteiger partial charge in [0.2, 0.25) is 0 Å². The SMILES string of the molecule is CSc1cccc(N2CCCCCCC2)c1C(=N)N. The number of nitrogens with two attached hydrogens (primary N) is 1. The molecule has 0 atom stereocenters. The van der Waals surface area contributed by atoms with Gasteiger partial charge in [-0.1, -0.05) is 25.3 Å². The van der Waals surface area contributed by atoms with Crippen molar-refractivity contribution in [2.75, 3.05) is 24.2 Å². The first-order valence-electron chi connectivity index (χ1n) is 7.00. The minimum absolute atomic E-state index is 0.182. The molecule has 3 nitrogen and oxygen atoms in total. The lowest BCUT2D eigenvalue weighted by molar-refractivity contribution is 0.556. The zero-order valence-electron chi connectivity index (χ0n) is 11.6. The van der Waals surface area contributed by atoms with E-state index in [4.69, 9.17) is 11.1 Å². The van der Waals surface area contributed by atoms with E-state index in [2.05, 4.69) is 23.1 Å². The smallest absolute Gasteiger partial charge is 0.126 e. The zero-order chi connectivity index (χ0) is 13.7. The topological polar surface area (TPSA) is 53.1 Å². The van der Waals surface area contributed by atoms with Crippen molar-refractivity contribution in [3.63, 3.8) is 0 Å². The number of benzene rings is 1. The first-order valence-corrected chi connectivity index (χ1v) is 8.23. The summed E-state index contributed by atoms with van der Waals surface area (Å²) in [5, 5.41) is 7.87. The van der Waals surface area contributed by atoms with Crippen LogP contribution in [0.2, 0.25) is 0 Å². The van der Waals surface area contributed by atoms with Crippen molar-refractivity contribution in [3.05, 3.63) is 23.8 Å². The van der Waals surface area contributed by atoms with Gasteiger partial charge in [-0.25, -0.2) is 0 Å². The Morgan fingerprint density at radius 1 is 1.16 bits per heavy atom. The molecule has 1 heterocycles. The van der Waals surface area contributed by atoms with E-state index in [1.807, 2.05) is 6.26 Å². The summed E-state index contributed by atoms with van der Waals surface area (Å²) in [7, 11) is 0. The van der Waals surface area contributed by atoms with Crippen LogP contribution in [-0.4, -0.2) is 25.2 Å². The maximum Gasteiger partial charge on any atom is 0.126 e. The minimum Gasteiger partial charge on any atom is -0.384 e. The molecule has 0 amide bonds. The molecule has 0 aliphatic carbocycles.